The van der Waals surface area contributed by atoms with Gasteiger partial charge in [-0.25, -0.2) is 4.39 Å². The van der Waals surface area contributed by atoms with Crippen LogP contribution in [0.15, 0.2) is 42.5 Å². The molecule has 0 bridgehead atoms. The summed E-state index contributed by atoms with van der Waals surface area (Å²) in [6, 6.07) is 13.1. The number of nitrogens with zero attached hydrogens (tertiary/aromatic N) is 1. The van der Waals surface area contributed by atoms with Crippen LogP contribution in [0.5, 0.6) is 0 Å². The van der Waals surface area contributed by atoms with E-state index in [-0.39, 0.29) is 5.82 Å². The van der Waals surface area contributed by atoms with Crippen molar-refractivity contribution in [2.75, 3.05) is 18.5 Å². The first-order chi connectivity index (χ1) is 9.63. The quantitative estimate of drug-likeness (QED) is 0.884. The van der Waals surface area contributed by atoms with E-state index in [1.54, 1.807) is 12.1 Å². The summed E-state index contributed by atoms with van der Waals surface area (Å²) in [6.07, 6.45) is 0. The van der Waals surface area contributed by atoms with Crippen molar-refractivity contribution in [2.24, 2.45) is 0 Å². The van der Waals surface area contributed by atoms with Crippen molar-refractivity contribution in [1.82, 2.24) is 5.32 Å². The SMILES string of the molecule is CCNCc1ccc(N(C)c2ccccc2F)c(C)c1. The maximum absolute atomic E-state index is 13.9. The Kier molecular flexibility index (Phi) is 4.74. The summed E-state index contributed by atoms with van der Waals surface area (Å²) in [6.45, 7) is 5.96. The molecule has 0 atom stereocenters. The van der Waals surface area contributed by atoms with Crippen LogP contribution in [-0.2, 0) is 6.54 Å². The predicted molar refractivity (Wildman–Crippen MR) is 83.0 cm³/mol. The Morgan fingerprint density at radius 1 is 1.10 bits per heavy atom. The zero-order valence-corrected chi connectivity index (χ0v) is 12.3. The maximum atomic E-state index is 13.9. The second kappa shape index (κ2) is 6.53. The molecule has 0 saturated carbocycles. The first-order valence-corrected chi connectivity index (χ1v) is 6.92. The Balaban J connectivity index is 2.27. The number of aryl methyl sites for hydroxylation is 1. The van der Waals surface area contributed by atoms with Gasteiger partial charge in [0, 0.05) is 19.3 Å². The first kappa shape index (κ1) is 14.5. The van der Waals surface area contributed by atoms with Crippen LogP contribution in [0.1, 0.15) is 18.1 Å². The monoisotopic (exact) mass is 272 g/mol. The standard InChI is InChI=1S/C17H21FN2/c1-4-19-12-14-9-10-16(13(2)11-14)20(3)17-8-6-5-7-15(17)18/h5-11,19H,4,12H2,1-3H3. The summed E-state index contributed by atoms with van der Waals surface area (Å²) in [5.41, 5.74) is 4.01. The molecule has 0 aromatic heterocycles. The molecule has 0 radical (unpaired) electrons. The van der Waals surface area contributed by atoms with Crippen LogP contribution in [0.25, 0.3) is 0 Å². The van der Waals surface area contributed by atoms with Gasteiger partial charge in [-0.05, 0) is 42.8 Å². The third kappa shape index (κ3) is 3.17. The molecule has 0 aliphatic carbocycles. The molecule has 0 heterocycles. The van der Waals surface area contributed by atoms with Gasteiger partial charge in [0.2, 0.25) is 0 Å². The van der Waals surface area contributed by atoms with Gasteiger partial charge < -0.3 is 10.2 Å². The van der Waals surface area contributed by atoms with E-state index < -0.39 is 0 Å². The fourth-order valence-corrected chi connectivity index (χ4v) is 2.33. The lowest BCUT2D eigenvalue weighted by Crippen LogP contribution is -2.14. The highest BCUT2D eigenvalue weighted by Crippen LogP contribution is 2.29. The molecule has 2 aromatic carbocycles. The average molecular weight is 272 g/mol. The summed E-state index contributed by atoms with van der Waals surface area (Å²) in [5, 5.41) is 3.31. The van der Waals surface area contributed by atoms with Crippen molar-refractivity contribution in [2.45, 2.75) is 20.4 Å². The Labute approximate surface area is 120 Å². The highest BCUT2D eigenvalue weighted by molar-refractivity contribution is 5.66. The van der Waals surface area contributed by atoms with Crippen molar-refractivity contribution in [1.29, 1.82) is 0 Å². The Bertz CT molecular complexity index is 581. The van der Waals surface area contributed by atoms with E-state index >= 15 is 0 Å². The van der Waals surface area contributed by atoms with Crippen molar-refractivity contribution < 1.29 is 4.39 Å². The van der Waals surface area contributed by atoms with Gasteiger partial charge in [0.25, 0.3) is 0 Å². The van der Waals surface area contributed by atoms with Crippen molar-refractivity contribution >= 4 is 11.4 Å². The number of hydrogen-bond acceptors (Lipinski definition) is 2. The smallest absolute Gasteiger partial charge is 0.146 e. The van der Waals surface area contributed by atoms with Crippen LogP contribution in [0, 0.1) is 12.7 Å². The molecule has 106 valence electrons. The number of hydrogen-bond donors (Lipinski definition) is 1. The van der Waals surface area contributed by atoms with Crippen LogP contribution in [0.4, 0.5) is 15.8 Å². The minimum Gasteiger partial charge on any atom is -0.342 e. The molecule has 20 heavy (non-hydrogen) atoms. The van der Waals surface area contributed by atoms with E-state index in [0.29, 0.717) is 5.69 Å². The molecular formula is C17H21FN2. The Morgan fingerprint density at radius 3 is 2.50 bits per heavy atom. The molecule has 2 rings (SSSR count). The largest absolute Gasteiger partial charge is 0.342 e. The van der Waals surface area contributed by atoms with E-state index in [0.717, 1.165) is 24.3 Å². The zero-order valence-electron chi connectivity index (χ0n) is 12.3. The second-order valence-corrected chi connectivity index (χ2v) is 4.91. The van der Waals surface area contributed by atoms with Gasteiger partial charge in [-0.15, -0.1) is 0 Å². The van der Waals surface area contributed by atoms with Crippen LogP contribution in [0.3, 0.4) is 0 Å². The van der Waals surface area contributed by atoms with Gasteiger partial charge in [-0.3, -0.25) is 0 Å². The van der Waals surface area contributed by atoms with Crippen LogP contribution >= 0.6 is 0 Å². The fraction of sp³-hybridized carbons (Fsp3) is 0.294. The number of halogens is 1. The number of nitrogens with one attached hydrogen (secondary N) is 1. The molecule has 1 N–H and O–H groups in total. The topological polar surface area (TPSA) is 15.3 Å². The lowest BCUT2D eigenvalue weighted by atomic mass is 10.1. The first-order valence-electron chi connectivity index (χ1n) is 6.92. The van der Waals surface area contributed by atoms with Gasteiger partial charge in [-0.2, -0.15) is 0 Å². The minimum atomic E-state index is -0.203. The average Bonchev–Trinajstić information content (AvgIpc) is 2.45. The van der Waals surface area contributed by atoms with E-state index in [9.17, 15) is 4.39 Å². The minimum absolute atomic E-state index is 0.203. The normalized spacial score (nSPS) is 10.6. The fourth-order valence-electron chi connectivity index (χ4n) is 2.33. The van der Waals surface area contributed by atoms with E-state index in [4.69, 9.17) is 0 Å². The number of para-hydroxylation sites is 1. The predicted octanol–water partition coefficient (Wildman–Crippen LogP) is 4.01. The zero-order chi connectivity index (χ0) is 14.5. The molecule has 0 amide bonds. The number of anilines is 2. The molecule has 0 unspecified atom stereocenters. The highest BCUT2D eigenvalue weighted by atomic mass is 19.1. The second-order valence-electron chi connectivity index (χ2n) is 4.91. The highest BCUT2D eigenvalue weighted by Gasteiger charge is 2.11. The third-order valence-corrected chi connectivity index (χ3v) is 3.42. The van der Waals surface area contributed by atoms with Gasteiger partial charge in [-0.1, -0.05) is 31.2 Å². The van der Waals surface area contributed by atoms with Crippen molar-refractivity contribution in [3.8, 4) is 0 Å². The van der Waals surface area contributed by atoms with E-state index in [1.165, 1.54) is 11.6 Å². The third-order valence-electron chi connectivity index (χ3n) is 3.42. The molecule has 0 aliphatic heterocycles. The summed E-state index contributed by atoms with van der Waals surface area (Å²) in [7, 11) is 1.89. The van der Waals surface area contributed by atoms with Crippen LogP contribution in [-0.4, -0.2) is 13.6 Å². The molecule has 0 spiro atoms. The summed E-state index contributed by atoms with van der Waals surface area (Å²) < 4.78 is 13.9. The lowest BCUT2D eigenvalue weighted by Gasteiger charge is -2.22. The van der Waals surface area contributed by atoms with Gasteiger partial charge >= 0.3 is 0 Å². The molecule has 2 aromatic rings. The van der Waals surface area contributed by atoms with Gasteiger partial charge in [0.1, 0.15) is 5.82 Å². The Hall–Kier alpha value is -1.87. The summed E-state index contributed by atoms with van der Waals surface area (Å²) >= 11 is 0. The number of rotatable bonds is 5. The lowest BCUT2D eigenvalue weighted by molar-refractivity contribution is 0.627. The maximum Gasteiger partial charge on any atom is 0.146 e. The molecule has 2 nitrogen and oxygen atoms in total. The van der Waals surface area contributed by atoms with Crippen molar-refractivity contribution in [3.05, 3.63) is 59.4 Å². The van der Waals surface area contributed by atoms with E-state index in [1.807, 2.05) is 18.0 Å². The molecule has 0 saturated heterocycles. The Morgan fingerprint density at radius 2 is 1.85 bits per heavy atom. The van der Waals surface area contributed by atoms with Gasteiger partial charge in [0.05, 0.1) is 5.69 Å². The van der Waals surface area contributed by atoms with Gasteiger partial charge in [0.15, 0.2) is 0 Å². The van der Waals surface area contributed by atoms with Crippen LogP contribution < -0.4 is 10.2 Å². The van der Waals surface area contributed by atoms with E-state index in [2.05, 4.69) is 37.4 Å². The molecule has 0 fully saturated rings. The summed E-state index contributed by atoms with van der Waals surface area (Å²) in [4.78, 5) is 1.89. The number of benzene rings is 2. The molecule has 3 heteroatoms. The summed E-state index contributed by atoms with van der Waals surface area (Å²) in [5.74, 6) is -0.203. The van der Waals surface area contributed by atoms with Crippen molar-refractivity contribution in [3.63, 3.8) is 0 Å². The molecule has 0 aliphatic rings. The van der Waals surface area contributed by atoms with Crippen LogP contribution in [0.2, 0.25) is 0 Å². The molecular weight excluding hydrogens is 251 g/mol.